The molecule has 0 radical (unpaired) electrons. The molecule has 0 heterocycles. The molecule has 2 aromatic rings. The van der Waals surface area contributed by atoms with E-state index < -0.39 is 28.8 Å². The van der Waals surface area contributed by atoms with Crippen molar-refractivity contribution >= 4 is 28.4 Å². The van der Waals surface area contributed by atoms with Crippen molar-refractivity contribution in [3.63, 3.8) is 0 Å². The van der Waals surface area contributed by atoms with Crippen molar-refractivity contribution in [2.75, 3.05) is 11.1 Å². The molecule has 0 aliphatic rings. The van der Waals surface area contributed by atoms with Crippen molar-refractivity contribution in [1.82, 2.24) is 0 Å². The Morgan fingerprint density at radius 1 is 1.12 bits per heavy atom. The predicted molar refractivity (Wildman–Crippen MR) is 98.1 cm³/mol. The fraction of sp³-hybridized carbons (Fsp3) is 0.263. The number of hydrogen-bond acceptors (Lipinski definition) is 4. The maximum Gasteiger partial charge on any atom is 0.340 e. The van der Waals surface area contributed by atoms with Crippen LogP contribution < -0.4 is 5.32 Å². The van der Waals surface area contributed by atoms with E-state index in [2.05, 4.69) is 5.32 Å². The maximum atomic E-state index is 12.4. The number of nitrogens with one attached hydrogen (secondary N) is 1. The molecule has 1 amide bonds. The lowest BCUT2D eigenvalue weighted by atomic mass is 10.2. The Balaban J connectivity index is 2.06. The zero-order valence-corrected chi connectivity index (χ0v) is 15.3. The Morgan fingerprint density at radius 2 is 1.76 bits per heavy atom. The lowest BCUT2D eigenvalue weighted by Gasteiger charge is -2.15. The van der Waals surface area contributed by atoms with Gasteiger partial charge in [0.25, 0.3) is 5.91 Å². The van der Waals surface area contributed by atoms with Gasteiger partial charge in [0.05, 0.1) is 21.3 Å². The minimum atomic E-state index is -1.28. The predicted octanol–water partition coefficient (Wildman–Crippen LogP) is 3.31. The SMILES string of the molecule is CC[S@@](=O)c1ccccc1C(=O)O[C@@H](C)C(=O)Nc1ccc(C)cc1. The normalized spacial score (nSPS) is 12.9. The van der Waals surface area contributed by atoms with Gasteiger partial charge in [-0.25, -0.2) is 4.79 Å². The Hall–Kier alpha value is -2.47. The lowest BCUT2D eigenvalue weighted by molar-refractivity contribution is -0.123. The summed E-state index contributed by atoms with van der Waals surface area (Å²) in [6, 6.07) is 13.9. The van der Waals surface area contributed by atoms with E-state index in [1.807, 2.05) is 19.1 Å². The molecule has 25 heavy (non-hydrogen) atoms. The molecule has 0 spiro atoms. The first-order valence-corrected chi connectivity index (χ1v) is 9.30. The molecule has 0 bridgehead atoms. The first kappa shape index (κ1) is 18.9. The average molecular weight is 359 g/mol. The number of carbonyl (C=O) groups is 2. The van der Waals surface area contributed by atoms with Crippen LogP contribution in [0.5, 0.6) is 0 Å². The number of hydrogen-bond donors (Lipinski definition) is 1. The molecule has 0 unspecified atom stereocenters. The van der Waals surface area contributed by atoms with Crippen LogP contribution in [0.1, 0.15) is 29.8 Å². The van der Waals surface area contributed by atoms with Crippen LogP contribution in [-0.4, -0.2) is 27.9 Å². The number of ether oxygens (including phenoxy) is 1. The molecule has 0 saturated carbocycles. The maximum absolute atomic E-state index is 12.4. The van der Waals surface area contributed by atoms with Gasteiger partial charge in [0.15, 0.2) is 6.10 Å². The van der Waals surface area contributed by atoms with Crippen molar-refractivity contribution < 1.29 is 18.5 Å². The van der Waals surface area contributed by atoms with E-state index in [9.17, 15) is 13.8 Å². The van der Waals surface area contributed by atoms with E-state index in [-0.39, 0.29) is 5.56 Å². The second-order valence-electron chi connectivity index (χ2n) is 5.53. The zero-order valence-electron chi connectivity index (χ0n) is 14.4. The number of esters is 1. The quantitative estimate of drug-likeness (QED) is 0.803. The molecule has 132 valence electrons. The summed E-state index contributed by atoms with van der Waals surface area (Å²) in [6.45, 7) is 5.23. The molecule has 0 aliphatic heterocycles. The van der Waals surface area contributed by atoms with Gasteiger partial charge in [-0.1, -0.05) is 36.8 Å². The third-order valence-electron chi connectivity index (χ3n) is 3.59. The number of carbonyl (C=O) groups excluding carboxylic acids is 2. The van der Waals surface area contributed by atoms with Crippen LogP contribution >= 0.6 is 0 Å². The summed E-state index contributed by atoms with van der Waals surface area (Å²) in [5, 5.41) is 2.70. The van der Waals surface area contributed by atoms with Crippen LogP contribution in [0.4, 0.5) is 5.69 Å². The summed E-state index contributed by atoms with van der Waals surface area (Å²) in [6.07, 6.45) is -0.975. The highest BCUT2D eigenvalue weighted by molar-refractivity contribution is 7.85. The van der Waals surface area contributed by atoms with Gasteiger partial charge in [-0.3, -0.25) is 9.00 Å². The van der Waals surface area contributed by atoms with Crippen LogP contribution in [0, 0.1) is 6.92 Å². The summed E-state index contributed by atoms with van der Waals surface area (Å²) >= 11 is 0. The minimum absolute atomic E-state index is 0.220. The zero-order chi connectivity index (χ0) is 18.4. The molecule has 0 aliphatic carbocycles. The fourth-order valence-corrected chi connectivity index (χ4v) is 3.09. The monoisotopic (exact) mass is 359 g/mol. The van der Waals surface area contributed by atoms with E-state index in [0.29, 0.717) is 16.3 Å². The molecule has 0 saturated heterocycles. The van der Waals surface area contributed by atoms with Crippen molar-refractivity contribution in [1.29, 1.82) is 0 Å². The van der Waals surface area contributed by atoms with Gasteiger partial charge >= 0.3 is 5.97 Å². The number of amides is 1. The van der Waals surface area contributed by atoms with Crippen LogP contribution in [0.3, 0.4) is 0 Å². The van der Waals surface area contributed by atoms with Crippen LogP contribution in [-0.2, 0) is 20.3 Å². The van der Waals surface area contributed by atoms with Crippen molar-refractivity contribution in [2.45, 2.75) is 31.8 Å². The first-order chi connectivity index (χ1) is 11.9. The van der Waals surface area contributed by atoms with Gasteiger partial charge in [-0.15, -0.1) is 0 Å². The molecule has 0 fully saturated rings. The van der Waals surface area contributed by atoms with Gasteiger partial charge in [-0.05, 0) is 38.1 Å². The van der Waals surface area contributed by atoms with E-state index in [0.717, 1.165) is 5.56 Å². The lowest BCUT2D eigenvalue weighted by Crippen LogP contribution is -2.30. The highest BCUT2D eigenvalue weighted by atomic mass is 32.2. The summed E-state index contributed by atoms with van der Waals surface area (Å²) in [4.78, 5) is 25.0. The second kappa shape index (κ2) is 8.58. The molecule has 0 aromatic heterocycles. The van der Waals surface area contributed by atoms with Gasteiger partial charge in [-0.2, -0.15) is 0 Å². The Labute approximate surface area is 149 Å². The molecule has 1 N–H and O–H groups in total. The van der Waals surface area contributed by atoms with E-state index in [1.54, 1.807) is 43.3 Å². The summed E-state index contributed by atoms with van der Waals surface area (Å²) in [5.74, 6) is -0.691. The van der Waals surface area contributed by atoms with Gasteiger partial charge in [0.1, 0.15) is 0 Å². The molecule has 2 atom stereocenters. The Morgan fingerprint density at radius 3 is 2.40 bits per heavy atom. The van der Waals surface area contributed by atoms with Crippen LogP contribution in [0.15, 0.2) is 53.4 Å². The number of benzene rings is 2. The van der Waals surface area contributed by atoms with Crippen LogP contribution in [0.25, 0.3) is 0 Å². The molecule has 5 nitrogen and oxygen atoms in total. The topological polar surface area (TPSA) is 72.5 Å². The van der Waals surface area contributed by atoms with Crippen molar-refractivity contribution in [3.05, 3.63) is 59.7 Å². The first-order valence-electron chi connectivity index (χ1n) is 7.98. The highest BCUT2D eigenvalue weighted by Crippen LogP contribution is 2.16. The summed E-state index contributed by atoms with van der Waals surface area (Å²) < 4.78 is 17.3. The molecule has 2 rings (SSSR count). The van der Waals surface area contributed by atoms with E-state index >= 15 is 0 Å². The number of rotatable bonds is 6. The number of aryl methyl sites for hydroxylation is 1. The van der Waals surface area contributed by atoms with Crippen LogP contribution in [0.2, 0.25) is 0 Å². The van der Waals surface area contributed by atoms with E-state index in [4.69, 9.17) is 4.74 Å². The summed E-state index contributed by atoms with van der Waals surface area (Å²) in [7, 11) is -1.28. The fourth-order valence-electron chi connectivity index (χ4n) is 2.15. The van der Waals surface area contributed by atoms with Gasteiger partial charge in [0.2, 0.25) is 0 Å². The Bertz CT molecular complexity index is 786. The van der Waals surface area contributed by atoms with Crippen molar-refractivity contribution in [3.8, 4) is 0 Å². The van der Waals surface area contributed by atoms with Crippen molar-refractivity contribution in [2.24, 2.45) is 0 Å². The minimum Gasteiger partial charge on any atom is -0.449 e. The average Bonchev–Trinajstić information content (AvgIpc) is 2.62. The molecule has 2 aromatic carbocycles. The Kier molecular flexibility index (Phi) is 6.47. The summed E-state index contributed by atoms with van der Waals surface area (Å²) in [5.41, 5.74) is 1.93. The second-order valence-corrected chi connectivity index (χ2v) is 7.24. The molecular weight excluding hydrogens is 338 g/mol. The number of anilines is 1. The van der Waals surface area contributed by atoms with E-state index in [1.165, 1.54) is 6.92 Å². The standard InChI is InChI=1S/C19H21NO4S/c1-4-25(23)17-8-6-5-7-16(17)19(22)24-14(3)18(21)20-15-11-9-13(2)10-12-15/h5-12,14H,4H2,1-3H3,(H,20,21)/t14-,25+/m0/s1. The highest BCUT2D eigenvalue weighted by Gasteiger charge is 2.22. The smallest absolute Gasteiger partial charge is 0.340 e. The molecule has 6 heteroatoms. The van der Waals surface area contributed by atoms with Gasteiger partial charge < -0.3 is 10.1 Å². The van der Waals surface area contributed by atoms with Gasteiger partial charge in [0, 0.05) is 11.4 Å². The third-order valence-corrected chi connectivity index (χ3v) is 4.96. The largest absolute Gasteiger partial charge is 0.449 e. The third kappa shape index (κ3) is 5.00. The molecular formula is C19H21NO4S.